The lowest BCUT2D eigenvalue weighted by Crippen LogP contribution is -2.42. The molecule has 0 aliphatic carbocycles. The van der Waals surface area contributed by atoms with E-state index in [2.05, 4.69) is 4.74 Å². The van der Waals surface area contributed by atoms with E-state index in [0.29, 0.717) is 0 Å². The van der Waals surface area contributed by atoms with Gasteiger partial charge in [0.2, 0.25) is 10.0 Å². The third-order valence-electron chi connectivity index (χ3n) is 4.49. The van der Waals surface area contributed by atoms with E-state index in [1.807, 2.05) is 5.32 Å². The van der Waals surface area contributed by atoms with Crippen LogP contribution in [0.5, 0.6) is 5.75 Å². The highest BCUT2D eigenvalue weighted by atomic mass is 32.2. The number of esters is 1. The zero-order valence-corrected chi connectivity index (χ0v) is 17.0. The van der Waals surface area contributed by atoms with Crippen LogP contribution in [0.2, 0.25) is 0 Å². The van der Waals surface area contributed by atoms with Crippen LogP contribution in [0.4, 0.5) is 8.78 Å². The van der Waals surface area contributed by atoms with Gasteiger partial charge in [-0.1, -0.05) is 0 Å². The molecular formula is C18H22F2N2O7S. The van der Waals surface area contributed by atoms with Crippen LogP contribution < -0.4 is 10.1 Å². The normalized spacial score (nSPS) is 15.6. The molecule has 0 unspecified atom stereocenters. The molecule has 0 radical (unpaired) electrons. The maximum Gasteiger partial charge on any atom is 0.387 e. The number of carbonyl (C=O) groups excluding carboxylic acids is 3. The van der Waals surface area contributed by atoms with Gasteiger partial charge >= 0.3 is 12.6 Å². The van der Waals surface area contributed by atoms with Crippen LogP contribution >= 0.6 is 0 Å². The number of carbonyl (C=O) groups is 3. The third-order valence-corrected chi connectivity index (χ3v) is 6.37. The number of imide groups is 1. The molecule has 1 heterocycles. The highest BCUT2D eigenvalue weighted by Crippen LogP contribution is 2.21. The SMILES string of the molecule is CCS(=O)(=O)N1CCC(C(=O)OCC(=O)NC(=O)c2ccc(OC(F)F)cc2)CC1. The predicted octanol–water partition coefficient (Wildman–Crippen LogP) is 1.15. The van der Waals surface area contributed by atoms with Crippen molar-refractivity contribution in [3.63, 3.8) is 0 Å². The van der Waals surface area contributed by atoms with Crippen molar-refractivity contribution in [3.05, 3.63) is 29.8 Å². The van der Waals surface area contributed by atoms with Crippen molar-refractivity contribution >= 4 is 27.8 Å². The summed E-state index contributed by atoms with van der Waals surface area (Å²) in [4.78, 5) is 35.9. The summed E-state index contributed by atoms with van der Waals surface area (Å²) in [5.41, 5.74) is 0.0285. The van der Waals surface area contributed by atoms with Gasteiger partial charge < -0.3 is 9.47 Å². The fourth-order valence-electron chi connectivity index (χ4n) is 2.83. The standard InChI is InChI=1S/C18H22F2N2O7S/c1-2-30(26,27)22-9-7-13(8-10-22)17(25)28-11-15(23)21-16(24)12-3-5-14(6-4-12)29-18(19)20/h3-6,13,18H,2,7-11H2,1H3,(H,21,23,24). The first-order chi connectivity index (χ1) is 14.1. The Morgan fingerprint density at radius 2 is 1.77 bits per heavy atom. The van der Waals surface area contributed by atoms with E-state index in [1.54, 1.807) is 6.92 Å². The van der Waals surface area contributed by atoms with Crippen LogP contribution in [0.15, 0.2) is 24.3 Å². The topological polar surface area (TPSA) is 119 Å². The van der Waals surface area contributed by atoms with Gasteiger partial charge in [0, 0.05) is 18.7 Å². The lowest BCUT2D eigenvalue weighted by Gasteiger charge is -2.29. The molecule has 166 valence electrons. The van der Waals surface area contributed by atoms with E-state index in [1.165, 1.54) is 16.4 Å². The van der Waals surface area contributed by atoms with Crippen molar-refractivity contribution < 1.29 is 41.1 Å². The number of nitrogens with zero attached hydrogens (tertiary/aromatic N) is 1. The van der Waals surface area contributed by atoms with Crippen LogP contribution in [0, 0.1) is 5.92 Å². The molecule has 12 heteroatoms. The van der Waals surface area contributed by atoms with Crippen LogP contribution in [0.3, 0.4) is 0 Å². The summed E-state index contributed by atoms with van der Waals surface area (Å²) in [6, 6.07) is 4.70. The second kappa shape index (κ2) is 10.4. The number of piperidine rings is 1. The molecule has 0 aromatic heterocycles. The number of amides is 2. The summed E-state index contributed by atoms with van der Waals surface area (Å²) in [6.07, 6.45) is 0.567. The molecule has 2 rings (SSSR count). The number of rotatable bonds is 8. The summed E-state index contributed by atoms with van der Waals surface area (Å²) in [7, 11) is -3.31. The molecule has 0 atom stereocenters. The Morgan fingerprint density at radius 1 is 1.17 bits per heavy atom. The fourth-order valence-corrected chi connectivity index (χ4v) is 3.96. The van der Waals surface area contributed by atoms with Gasteiger partial charge in [0.1, 0.15) is 5.75 Å². The van der Waals surface area contributed by atoms with Crippen molar-refractivity contribution in [2.45, 2.75) is 26.4 Å². The maximum absolute atomic E-state index is 12.1. The first kappa shape index (κ1) is 23.7. The molecule has 9 nitrogen and oxygen atoms in total. The fraction of sp³-hybridized carbons (Fsp3) is 0.500. The Labute approximate surface area is 172 Å². The van der Waals surface area contributed by atoms with Gasteiger partial charge in [-0.3, -0.25) is 19.7 Å². The van der Waals surface area contributed by atoms with Crippen molar-refractivity contribution in [3.8, 4) is 5.75 Å². The van der Waals surface area contributed by atoms with Crippen LogP contribution in [-0.2, 0) is 24.3 Å². The van der Waals surface area contributed by atoms with Crippen LogP contribution in [0.1, 0.15) is 30.1 Å². The first-order valence-electron chi connectivity index (χ1n) is 9.16. The molecule has 1 aromatic rings. The number of alkyl halides is 2. The second-order valence-electron chi connectivity index (χ2n) is 6.46. The molecule has 1 aromatic carbocycles. The number of nitrogens with one attached hydrogen (secondary N) is 1. The largest absolute Gasteiger partial charge is 0.455 e. The lowest BCUT2D eigenvalue weighted by molar-refractivity contribution is -0.153. The molecular weight excluding hydrogens is 426 g/mol. The predicted molar refractivity (Wildman–Crippen MR) is 100 cm³/mol. The molecule has 1 N–H and O–H groups in total. The molecule has 1 aliphatic heterocycles. The summed E-state index contributed by atoms with van der Waals surface area (Å²) >= 11 is 0. The first-order valence-corrected chi connectivity index (χ1v) is 10.8. The van der Waals surface area contributed by atoms with Crippen LogP contribution in [0.25, 0.3) is 0 Å². The average molecular weight is 448 g/mol. The number of benzene rings is 1. The third kappa shape index (κ3) is 6.73. The minimum atomic E-state index is -3.31. The minimum Gasteiger partial charge on any atom is -0.455 e. The van der Waals surface area contributed by atoms with E-state index >= 15 is 0 Å². The maximum atomic E-state index is 12.1. The minimum absolute atomic E-state index is 0.0156. The molecule has 1 saturated heterocycles. The van der Waals surface area contributed by atoms with E-state index in [-0.39, 0.29) is 43.0 Å². The summed E-state index contributed by atoms with van der Waals surface area (Å²) in [5, 5.41) is 2.02. The van der Waals surface area contributed by atoms with Crippen molar-refractivity contribution in [1.82, 2.24) is 9.62 Å². The monoisotopic (exact) mass is 448 g/mol. The molecule has 0 saturated carbocycles. The zero-order chi connectivity index (χ0) is 22.3. The van der Waals surface area contributed by atoms with Crippen molar-refractivity contribution in [2.24, 2.45) is 5.92 Å². The average Bonchev–Trinajstić information content (AvgIpc) is 2.72. The molecule has 2 amide bonds. The van der Waals surface area contributed by atoms with E-state index in [4.69, 9.17) is 4.74 Å². The van der Waals surface area contributed by atoms with Gasteiger partial charge in [-0.2, -0.15) is 8.78 Å². The smallest absolute Gasteiger partial charge is 0.387 e. The highest BCUT2D eigenvalue weighted by Gasteiger charge is 2.31. The Kier molecular flexibility index (Phi) is 8.24. The van der Waals surface area contributed by atoms with E-state index in [0.717, 1.165) is 12.1 Å². The quantitative estimate of drug-likeness (QED) is 0.593. The van der Waals surface area contributed by atoms with Gasteiger partial charge in [0.15, 0.2) is 6.61 Å². The van der Waals surface area contributed by atoms with Gasteiger partial charge in [-0.15, -0.1) is 0 Å². The van der Waals surface area contributed by atoms with Gasteiger partial charge in [0.25, 0.3) is 11.8 Å². The number of sulfonamides is 1. The molecule has 1 fully saturated rings. The Balaban J connectivity index is 1.76. The van der Waals surface area contributed by atoms with Gasteiger partial charge in [-0.05, 0) is 44.0 Å². The van der Waals surface area contributed by atoms with E-state index < -0.39 is 46.9 Å². The summed E-state index contributed by atoms with van der Waals surface area (Å²) < 4.78 is 58.2. The Hall–Kier alpha value is -2.60. The number of hydrogen-bond donors (Lipinski definition) is 1. The van der Waals surface area contributed by atoms with Crippen molar-refractivity contribution in [1.29, 1.82) is 0 Å². The molecule has 30 heavy (non-hydrogen) atoms. The van der Waals surface area contributed by atoms with Crippen molar-refractivity contribution in [2.75, 3.05) is 25.4 Å². The molecule has 1 aliphatic rings. The highest BCUT2D eigenvalue weighted by molar-refractivity contribution is 7.89. The van der Waals surface area contributed by atoms with Crippen LogP contribution in [-0.4, -0.2) is 62.6 Å². The summed E-state index contributed by atoms with van der Waals surface area (Å²) in [6.45, 7) is -1.73. The Morgan fingerprint density at radius 3 is 2.30 bits per heavy atom. The molecule has 0 bridgehead atoms. The van der Waals surface area contributed by atoms with Gasteiger partial charge in [-0.25, -0.2) is 12.7 Å². The summed E-state index contributed by atoms with van der Waals surface area (Å²) in [5.74, 6) is -2.97. The Bertz CT molecular complexity index is 867. The van der Waals surface area contributed by atoms with Gasteiger partial charge in [0.05, 0.1) is 11.7 Å². The molecule has 0 spiro atoms. The zero-order valence-electron chi connectivity index (χ0n) is 16.2. The second-order valence-corrected chi connectivity index (χ2v) is 8.72. The van der Waals surface area contributed by atoms with E-state index in [9.17, 15) is 31.6 Å². The number of halogens is 2. The number of hydrogen-bond acceptors (Lipinski definition) is 7. The number of ether oxygens (including phenoxy) is 2. The lowest BCUT2D eigenvalue weighted by atomic mass is 9.98.